The molecule has 5 aromatic heterocycles. The van der Waals surface area contributed by atoms with Crippen molar-refractivity contribution in [1.82, 2.24) is 19.9 Å². The van der Waals surface area contributed by atoms with Crippen molar-refractivity contribution in [2.24, 2.45) is 0 Å². The Kier molecular flexibility index (Phi) is 3.86. The van der Waals surface area contributed by atoms with Gasteiger partial charge in [0.05, 0.1) is 0 Å². The number of nitrogens with zero attached hydrogens (tertiary/aromatic N) is 4. The van der Waals surface area contributed by atoms with Crippen LogP contribution in [-0.4, -0.2) is 34.4 Å². The van der Waals surface area contributed by atoms with E-state index in [0.717, 1.165) is 22.1 Å². The van der Waals surface area contributed by atoms with Gasteiger partial charge in [-0.25, -0.2) is 0 Å². The molecular weight excluding hydrogens is 487 g/mol. The molecule has 0 saturated carbocycles. The zero-order chi connectivity index (χ0) is 20.4. The third kappa shape index (κ3) is 2.71. The molecule has 0 unspecified atom stereocenters. The molecule has 0 N–H and O–H groups in total. The van der Waals surface area contributed by atoms with Crippen molar-refractivity contribution in [2.45, 2.75) is 0 Å². The Labute approximate surface area is 190 Å². The van der Waals surface area contributed by atoms with Crippen LogP contribution in [0.5, 0.6) is 0 Å². The Hall–Kier alpha value is -2.96. The summed E-state index contributed by atoms with van der Waals surface area (Å²) in [6, 6.07) is 17.2. The maximum atomic E-state index is 4.60. The Morgan fingerprint density at radius 1 is 0.645 bits per heavy atom. The van der Waals surface area contributed by atoms with Crippen LogP contribution in [0.25, 0.3) is 60.9 Å². The zero-order valence-corrected chi connectivity index (χ0v) is 19.3. The Bertz CT molecular complexity index is 1620. The second kappa shape index (κ2) is 6.77. The van der Waals surface area contributed by atoms with Gasteiger partial charge in [-0.2, -0.15) is 0 Å². The van der Waals surface area contributed by atoms with Gasteiger partial charge in [-0.1, -0.05) is 0 Å². The van der Waals surface area contributed by atoms with E-state index in [1.807, 2.05) is 34.8 Å². The van der Waals surface area contributed by atoms with E-state index >= 15 is 0 Å². The van der Waals surface area contributed by atoms with Gasteiger partial charge in [-0.15, -0.1) is 0 Å². The van der Waals surface area contributed by atoms with E-state index in [1.54, 1.807) is 24.8 Å². The summed E-state index contributed by atoms with van der Waals surface area (Å²) in [5.41, 5.74) is 6.16. The molecule has 0 amide bonds. The van der Waals surface area contributed by atoms with Gasteiger partial charge in [-0.3, -0.25) is 0 Å². The zero-order valence-electron chi connectivity index (χ0n) is 15.9. The molecule has 7 rings (SSSR count). The Balaban J connectivity index is 1.42. The number of benzene rings is 2. The van der Waals surface area contributed by atoms with E-state index in [-0.39, 0.29) is 0 Å². The summed E-state index contributed by atoms with van der Waals surface area (Å²) < 4.78 is 4.37. The molecule has 0 aliphatic heterocycles. The van der Waals surface area contributed by atoms with Crippen LogP contribution >= 0.6 is 22.7 Å². The number of hydrogen-bond donors (Lipinski definition) is 0. The predicted molar refractivity (Wildman–Crippen MR) is 131 cm³/mol. The Morgan fingerprint density at radius 2 is 1.26 bits per heavy atom. The van der Waals surface area contributed by atoms with Crippen molar-refractivity contribution in [3.05, 3.63) is 73.3 Å². The van der Waals surface area contributed by atoms with Crippen LogP contribution in [0.3, 0.4) is 0 Å². The first-order chi connectivity index (χ1) is 15.3. The molecule has 4 nitrogen and oxygen atoms in total. The maximum absolute atomic E-state index is 4.60. The fraction of sp³-hybridized carbons (Fsp3) is 0. The molecule has 7 aromatic rings. The molecular formula is C24H12N4S2Se. The topological polar surface area (TPSA) is 51.6 Å². The molecule has 31 heavy (non-hydrogen) atoms. The number of para-hydroxylation sites is 2. The molecule has 0 bridgehead atoms. The summed E-state index contributed by atoms with van der Waals surface area (Å²) in [6.45, 7) is 0. The SMILES string of the molecule is c1cc(-c2cc3c(s2)[se]c2cc(-c4cccc5nccnc45)sc23)c2nccnc2c1. The van der Waals surface area contributed by atoms with Gasteiger partial charge in [0.2, 0.25) is 0 Å². The van der Waals surface area contributed by atoms with Crippen LogP contribution in [0.15, 0.2) is 73.3 Å². The minimum atomic E-state index is 0.328. The average Bonchev–Trinajstić information content (AvgIpc) is 3.49. The average molecular weight is 499 g/mol. The molecule has 0 aliphatic carbocycles. The molecule has 0 spiro atoms. The third-order valence-electron chi connectivity index (χ3n) is 5.37. The first-order valence-corrected chi connectivity index (χ1v) is 13.1. The third-order valence-corrected chi connectivity index (χ3v) is 10.8. The molecule has 0 radical (unpaired) electrons. The summed E-state index contributed by atoms with van der Waals surface area (Å²) >= 11 is 4.10. The predicted octanol–water partition coefficient (Wildman–Crippen LogP) is 6.39. The standard InChI is InChI=1S/C24H12N4S2Se/c1-3-13(21-16(5-1)25-7-9-27-21)18-11-15-23-20(31-24(15)30-18)12-19(29-23)14-4-2-6-17-22(14)28-10-8-26-17/h1-12H. The van der Waals surface area contributed by atoms with Crippen LogP contribution in [0, 0.1) is 0 Å². The van der Waals surface area contributed by atoms with Crippen molar-refractivity contribution >= 4 is 77.2 Å². The van der Waals surface area contributed by atoms with E-state index in [4.69, 9.17) is 0 Å². The summed E-state index contributed by atoms with van der Waals surface area (Å²) in [6.07, 6.45) is 7.04. The first kappa shape index (κ1) is 17.7. The van der Waals surface area contributed by atoms with Gasteiger partial charge in [0.1, 0.15) is 0 Å². The van der Waals surface area contributed by atoms with Crippen LogP contribution in [-0.2, 0) is 0 Å². The van der Waals surface area contributed by atoms with Gasteiger partial charge < -0.3 is 0 Å². The van der Waals surface area contributed by atoms with Crippen molar-refractivity contribution in [2.75, 3.05) is 0 Å². The normalized spacial score (nSPS) is 11.9. The van der Waals surface area contributed by atoms with Crippen LogP contribution in [0.4, 0.5) is 0 Å². The molecule has 5 heterocycles. The van der Waals surface area contributed by atoms with E-state index in [9.17, 15) is 0 Å². The van der Waals surface area contributed by atoms with Gasteiger partial charge >= 0.3 is 191 Å². The number of hydrogen-bond acceptors (Lipinski definition) is 6. The molecule has 0 aliphatic rings. The van der Waals surface area contributed by atoms with Crippen molar-refractivity contribution in [1.29, 1.82) is 0 Å². The first-order valence-electron chi connectivity index (χ1n) is 9.71. The van der Waals surface area contributed by atoms with Crippen LogP contribution in [0.2, 0.25) is 0 Å². The molecule has 7 heteroatoms. The van der Waals surface area contributed by atoms with E-state index in [2.05, 4.69) is 56.3 Å². The monoisotopic (exact) mass is 500 g/mol. The molecule has 146 valence electrons. The quantitative estimate of drug-likeness (QED) is 0.259. The minimum absolute atomic E-state index is 0.328. The van der Waals surface area contributed by atoms with Gasteiger partial charge in [0, 0.05) is 0 Å². The fourth-order valence-electron chi connectivity index (χ4n) is 3.99. The molecule has 0 fully saturated rings. The van der Waals surface area contributed by atoms with Crippen molar-refractivity contribution in [3.63, 3.8) is 0 Å². The molecule has 2 aromatic carbocycles. The fourth-order valence-corrected chi connectivity index (χ4v) is 10.00. The Morgan fingerprint density at radius 3 is 1.94 bits per heavy atom. The summed E-state index contributed by atoms with van der Waals surface area (Å²) in [4.78, 5) is 20.7. The van der Waals surface area contributed by atoms with Gasteiger partial charge in [0.25, 0.3) is 0 Å². The van der Waals surface area contributed by atoms with E-state index in [1.165, 1.54) is 38.8 Å². The molecule has 0 atom stereocenters. The van der Waals surface area contributed by atoms with Gasteiger partial charge in [0.15, 0.2) is 0 Å². The number of rotatable bonds is 2. The second-order valence-electron chi connectivity index (χ2n) is 7.18. The number of fused-ring (bicyclic) bond motifs is 5. The second-order valence-corrected chi connectivity index (χ2v) is 12.1. The summed E-state index contributed by atoms with van der Waals surface area (Å²) in [7, 11) is 0. The summed E-state index contributed by atoms with van der Waals surface area (Å²) in [5.74, 6) is 0. The van der Waals surface area contributed by atoms with Crippen molar-refractivity contribution < 1.29 is 0 Å². The van der Waals surface area contributed by atoms with Crippen LogP contribution in [0.1, 0.15) is 0 Å². The molecule has 0 saturated heterocycles. The van der Waals surface area contributed by atoms with Gasteiger partial charge in [-0.05, 0) is 0 Å². The summed E-state index contributed by atoms with van der Waals surface area (Å²) in [5, 5.41) is 1.39. The van der Waals surface area contributed by atoms with E-state index in [0.29, 0.717) is 14.5 Å². The number of thiophene rings is 2. The van der Waals surface area contributed by atoms with E-state index < -0.39 is 0 Å². The number of aromatic nitrogens is 4. The van der Waals surface area contributed by atoms with Crippen LogP contribution < -0.4 is 0 Å². The van der Waals surface area contributed by atoms with Crippen molar-refractivity contribution in [3.8, 4) is 20.9 Å².